The number of carbonyl (C=O) groups excluding carboxylic acids is 4. The van der Waals surface area contributed by atoms with Gasteiger partial charge in [-0.3, -0.25) is 19.2 Å². The van der Waals surface area contributed by atoms with Crippen molar-refractivity contribution < 1.29 is 23.9 Å². The molecule has 1 N–H and O–H groups in total. The van der Waals surface area contributed by atoms with Crippen LogP contribution < -0.4 is 10.1 Å². The van der Waals surface area contributed by atoms with Gasteiger partial charge in [0.25, 0.3) is 5.91 Å². The second-order valence-electron chi connectivity index (χ2n) is 9.84. The van der Waals surface area contributed by atoms with E-state index in [4.69, 9.17) is 4.74 Å². The van der Waals surface area contributed by atoms with Gasteiger partial charge in [-0.05, 0) is 61.1 Å². The molecule has 1 amide bonds. The van der Waals surface area contributed by atoms with Crippen molar-refractivity contribution in [3.8, 4) is 5.75 Å². The van der Waals surface area contributed by atoms with E-state index in [1.54, 1.807) is 12.1 Å². The Kier molecular flexibility index (Phi) is 5.26. The maximum absolute atomic E-state index is 12.8. The molecule has 6 unspecified atom stereocenters. The van der Waals surface area contributed by atoms with E-state index >= 15 is 0 Å². The molecule has 6 nitrogen and oxygen atoms in total. The third-order valence-corrected chi connectivity index (χ3v) is 7.89. The van der Waals surface area contributed by atoms with Crippen LogP contribution in [0.4, 0.5) is 5.69 Å². The predicted molar refractivity (Wildman–Crippen MR) is 118 cm³/mol. The van der Waals surface area contributed by atoms with Crippen LogP contribution in [0.5, 0.6) is 5.75 Å². The molecule has 5 rings (SSSR count). The SMILES string of the molecule is CCC1Oc2cc(C(C)CC(=O)CC=C3C(=O)C4C5CCC(C5)C4C3=O)ccc2NC1=O. The Morgan fingerprint density at radius 2 is 1.84 bits per heavy atom. The lowest BCUT2D eigenvalue weighted by molar-refractivity contribution is -0.123. The van der Waals surface area contributed by atoms with Crippen molar-refractivity contribution >= 4 is 28.9 Å². The van der Waals surface area contributed by atoms with Crippen molar-refractivity contribution in [3.05, 3.63) is 35.4 Å². The molecule has 3 saturated carbocycles. The first-order valence-corrected chi connectivity index (χ1v) is 11.8. The average Bonchev–Trinajstić information content (AvgIpc) is 3.45. The summed E-state index contributed by atoms with van der Waals surface area (Å²) in [5, 5.41) is 2.85. The van der Waals surface area contributed by atoms with Crippen molar-refractivity contribution in [1.29, 1.82) is 0 Å². The number of ether oxygens (including phenoxy) is 1. The molecule has 0 saturated heterocycles. The van der Waals surface area contributed by atoms with Gasteiger partial charge in [-0.2, -0.15) is 0 Å². The van der Waals surface area contributed by atoms with Gasteiger partial charge in [0.2, 0.25) is 0 Å². The zero-order valence-electron chi connectivity index (χ0n) is 18.6. The van der Waals surface area contributed by atoms with Crippen LogP contribution in [-0.4, -0.2) is 29.4 Å². The zero-order valence-corrected chi connectivity index (χ0v) is 18.6. The van der Waals surface area contributed by atoms with Crippen molar-refractivity contribution in [2.75, 3.05) is 5.32 Å². The number of amides is 1. The molecule has 1 heterocycles. The first-order valence-electron chi connectivity index (χ1n) is 11.8. The Hall–Kier alpha value is -2.76. The number of anilines is 1. The van der Waals surface area contributed by atoms with Crippen LogP contribution in [0.15, 0.2) is 29.8 Å². The molecule has 2 bridgehead atoms. The fourth-order valence-electron chi connectivity index (χ4n) is 6.22. The number of fused-ring (bicyclic) bond motifs is 6. The van der Waals surface area contributed by atoms with Gasteiger partial charge in [-0.15, -0.1) is 0 Å². The van der Waals surface area contributed by atoms with Crippen LogP contribution in [0.1, 0.15) is 63.9 Å². The average molecular weight is 436 g/mol. The van der Waals surface area contributed by atoms with Gasteiger partial charge in [0.1, 0.15) is 11.5 Å². The second kappa shape index (κ2) is 7.98. The number of ketones is 3. The Bertz CT molecular complexity index is 1010. The zero-order chi connectivity index (χ0) is 22.6. The summed E-state index contributed by atoms with van der Waals surface area (Å²) < 4.78 is 5.80. The first-order chi connectivity index (χ1) is 15.4. The molecule has 168 valence electrons. The normalized spacial score (nSPS) is 31.1. The maximum Gasteiger partial charge on any atom is 0.265 e. The molecule has 3 aliphatic carbocycles. The second-order valence-corrected chi connectivity index (χ2v) is 9.84. The maximum atomic E-state index is 12.8. The standard InChI is InChI=1S/C26H29NO5/c1-3-20-26(31)27-19-9-6-14(12-21(19)32-20)13(2)10-17(28)7-8-18-24(29)22-15-4-5-16(11-15)23(22)25(18)30/h6,8-9,12-13,15-16,20,22-23H,3-5,7,10-11H2,1-2H3,(H,27,31). The Balaban J connectivity index is 1.23. The number of allylic oxidation sites excluding steroid dienone is 2. The molecule has 3 fully saturated rings. The highest BCUT2D eigenvalue weighted by Crippen LogP contribution is 2.57. The quantitative estimate of drug-likeness (QED) is 0.539. The molecule has 6 heteroatoms. The van der Waals surface area contributed by atoms with E-state index in [1.807, 2.05) is 26.0 Å². The Morgan fingerprint density at radius 3 is 2.50 bits per heavy atom. The minimum absolute atomic E-state index is 0.00371. The predicted octanol–water partition coefficient (Wildman–Crippen LogP) is 3.99. The smallest absolute Gasteiger partial charge is 0.265 e. The van der Waals surface area contributed by atoms with Gasteiger partial charge >= 0.3 is 0 Å². The van der Waals surface area contributed by atoms with E-state index in [1.165, 1.54) is 0 Å². The van der Waals surface area contributed by atoms with Crippen LogP contribution in [0, 0.1) is 23.7 Å². The number of benzene rings is 1. The van der Waals surface area contributed by atoms with E-state index in [0.29, 0.717) is 36.1 Å². The Labute approximate surface area is 187 Å². The largest absolute Gasteiger partial charge is 0.478 e. The van der Waals surface area contributed by atoms with Crippen LogP contribution in [0.3, 0.4) is 0 Å². The van der Waals surface area contributed by atoms with E-state index in [9.17, 15) is 19.2 Å². The number of rotatable bonds is 6. The molecule has 1 aliphatic heterocycles. The van der Waals surface area contributed by atoms with Gasteiger partial charge in [0.05, 0.1) is 11.3 Å². The van der Waals surface area contributed by atoms with Crippen molar-refractivity contribution in [2.24, 2.45) is 23.7 Å². The lowest BCUT2D eigenvalue weighted by Crippen LogP contribution is -2.36. The highest BCUT2D eigenvalue weighted by molar-refractivity contribution is 6.28. The molecule has 0 spiro atoms. The van der Waals surface area contributed by atoms with Gasteiger partial charge in [-0.25, -0.2) is 0 Å². The number of Topliss-reactive ketones (excluding diaryl/α,β-unsaturated/α-hetero) is 3. The molecule has 4 aliphatic rings. The molecule has 6 atom stereocenters. The summed E-state index contributed by atoms with van der Waals surface area (Å²) in [5.74, 6) is 0.893. The lowest BCUT2D eigenvalue weighted by Gasteiger charge is -2.26. The third-order valence-electron chi connectivity index (χ3n) is 7.89. The minimum atomic E-state index is -0.502. The van der Waals surface area contributed by atoms with Gasteiger partial charge < -0.3 is 10.1 Å². The molecule has 1 aromatic rings. The van der Waals surface area contributed by atoms with E-state index in [2.05, 4.69) is 5.32 Å². The monoisotopic (exact) mass is 435 g/mol. The fraction of sp³-hybridized carbons (Fsp3) is 0.538. The molecule has 0 aromatic heterocycles. The van der Waals surface area contributed by atoms with Crippen molar-refractivity contribution in [2.45, 2.75) is 64.4 Å². The van der Waals surface area contributed by atoms with Crippen LogP contribution in [0.2, 0.25) is 0 Å². The minimum Gasteiger partial charge on any atom is -0.478 e. The summed E-state index contributed by atoms with van der Waals surface area (Å²) in [4.78, 5) is 50.2. The Morgan fingerprint density at radius 1 is 1.16 bits per heavy atom. The van der Waals surface area contributed by atoms with Crippen molar-refractivity contribution in [1.82, 2.24) is 0 Å². The van der Waals surface area contributed by atoms with Gasteiger partial charge in [0.15, 0.2) is 17.7 Å². The summed E-state index contributed by atoms with van der Waals surface area (Å²) in [5.41, 5.74) is 1.88. The first kappa shape index (κ1) is 21.1. The molecular weight excluding hydrogens is 406 g/mol. The van der Waals surface area contributed by atoms with E-state index < -0.39 is 6.10 Å². The highest BCUT2D eigenvalue weighted by Gasteiger charge is 2.59. The topological polar surface area (TPSA) is 89.5 Å². The highest BCUT2D eigenvalue weighted by atomic mass is 16.5. The van der Waals surface area contributed by atoms with E-state index in [0.717, 1.165) is 24.8 Å². The number of nitrogens with one attached hydrogen (secondary N) is 1. The molecule has 1 aromatic carbocycles. The number of carbonyl (C=O) groups is 4. The van der Waals surface area contributed by atoms with Gasteiger partial charge in [0, 0.05) is 24.7 Å². The number of hydrogen-bond donors (Lipinski definition) is 1. The van der Waals surface area contributed by atoms with Crippen LogP contribution in [0.25, 0.3) is 0 Å². The van der Waals surface area contributed by atoms with Gasteiger partial charge in [-0.1, -0.05) is 26.0 Å². The molecule has 32 heavy (non-hydrogen) atoms. The summed E-state index contributed by atoms with van der Waals surface area (Å²) in [6, 6.07) is 5.58. The summed E-state index contributed by atoms with van der Waals surface area (Å²) in [6.45, 7) is 3.87. The van der Waals surface area contributed by atoms with E-state index in [-0.39, 0.29) is 53.0 Å². The van der Waals surface area contributed by atoms with Crippen LogP contribution >= 0.6 is 0 Å². The lowest BCUT2D eigenvalue weighted by atomic mass is 9.81. The van der Waals surface area contributed by atoms with Crippen LogP contribution in [-0.2, 0) is 19.2 Å². The number of hydrogen-bond acceptors (Lipinski definition) is 5. The third kappa shape index (κ3) is 3.40. The summed E-state index contributed by atoms with van der Waals surface area (Å²) in [6.07, 6.45) is 5.23. The summed E-state index contributed by atoms with van der Waals surface area (Å²) >= 11 is 0. The summed E-state index contributed by atoms with van der Waals surface area (Å²) in [7, 11) is 0. The fourth-order valence-corrected chi connectivity index (χ4v) is 6.22. The molecule has 0 radical (unpaired) electrons. The van der Waals surface area contributed by atoms with Crippen molar-refractivity contribution in [3.63, 3.8) is 0 Å². The molecular formula is C26H29NO5.